The first-order valence-electron chi connectivity index (χ1n) is 4.21. The standard InChI is InChI=1S/C9H14N2O/c1-7(2)9(12)4-3-8-5-6-10-11-8/h5-7H,3-4H2,1-2H3,(H,10,11). The quantitative estimate of drug-likeness (QED) is 0.737. The molecule has 12 heavy (non-hydrogen) atoms. The minimum absolute atomic E-state index is 0.143. The first-order chi connectivity index (χ1) is 5.70. The van der Waals surface area contributed by atoms with E-state index in [0.29, 0.717) is 12.2 Å². The van der Waals surface area contributed by atoms with E-state index in [9.17, 15) is 4.79 Å². The van der Waals surface area contributed by atoms with Crippen LogP contribution in [0.1, 0.15) is 26.0 Å². The van der Waals surface area contributed by atoms with Gasteiger partial charge in [0.1, 0.15) is 5.78 Å². The van der Waals surface area contributed by atoms with Crippen molar-refractivity contribution in [2.75, 3.05) is 0 Å². The lowest BCUT2D eigenvalue weighted by atomic mass is 10.0. The van der Waals surface area contributed by atoms with Crippen molar-refractivity contribution in [2.24, 2.45) is 5.92 Å². The highest BCUT2D eigenvalue weighted by atomic mass is 16.1. The fraction of sp³-hybridized carbons (Fsp3) is 0.556. The van der Waals surface area contributed by atoms with Crippen molar-refractivity contribution in [3.05, 3.63) is 18.0 Å². The highest BCUT2D eigenvalue weighted by Gasteiger charge is 2.07. The average molecular weight is 166 g/mol. The van der Waals surface area contributed by atoms with Crippen LogP contribution < -0.4 is 0 Å². The van der Waals surface area contributed by atoms with Gasteiger partial charge in [0.15, 0.2) is 0 Å². The van der Waals surface area contributed by atoms with Crippen molar-refractivity contribution >= 4 is 5.78 Å². The number of aryl methyl sites for hydroxylation is 1. The van der Waals surface area contributed by atoms with Gasteiger partial charge in [-0.1, -0.05) is 13.8 Å². The summed E-state index contributed by atoms with van der Waals surface area (Å²) in [5.41, 5.74) is 0.962. The highest BCUT2D eigenvalue weighted by molar-refractivity contribution is 5.80. The topological polar surface area (TPSA) is 45.8 Å². The third-order valence-corrected chi connectivity index (χ3v) is 1.83. The summed E-state index contributed by atoms with van der Waals surface area (Å²) in [4.78, 5) is 11.2. The van der Waals surface area contributed by atoms with Crippen molar-refractivity contribution < 1.29 is 4.79 Å². The molecule has 0 unspecified atom stereocenters. The van der Waals surface area contributed by atoms with E-state index in [2.05, 4.69) is 10.2 Å². The zero-order chi connectivity index (χ0) is 8.97. The second-order valence-electron chi connectivity index (χ2n) is 3.19. The van der Waals surface area contributed by atoms with Crippen LogP contribution in [0, 0.1) is 5.92 Å². The molecule has 1 aromatic heterocycles. The maximum Gasteiger partial charge on any atom is 0.135 e. The molecule has 1 N–H and O–H groups in total. The maximum atomic E-state index is 11.2. The second kappa shape index (κ2) is 4.04. The van der Waals surface area contributed by atoms with E-state index in [1.165, 1.54) is 0 Å². The summed E-state index contributed by atoms with van der Waals surface area (Å²) >= 11 is 0. The van der Waals surface area contributed by atoms with Gasteiger partial charge < -0.3 is 0 Å². The van der Waals surface area contributed by atoms with E-state index in [-0.39, 0.29) is 5.92 Å². The average Bonchev–Trinajstić information content (AvgIpc) is 2.51. The number of hydrogen-bond donors (Lipinski definition) is 1. The summed E-state index contributed by atoms with van der Waals surface area (Å²) in [6.45, 7) is 3.85. The van der Waals surface area contributed by atoms with Crippen molar-refractivity contribution in [1.29, 1.82) is 0 Å². The zero-order valence-electron chi connectivity index (χ0n) is 7.50. The molecule has 0 radical (unpaired) electrons. The first kappa shape index (κ1) is 8.97. The molecule has 3 nitrogen and oxygen atoms in total. The van der Waals surface area contributed by atoms with Gasteiger partial charge in [-0.05, 0) is 12.5 Å². The summed E-state index contributed by atoms with van der Waals surface area (Å²) in [5, 5.41) is 6.69. The van der Waals surface area contributed by atoms with Crippen LogP contribution in [0.5, 0.6) is 0 Å². The Morgan fingerprint density at radius 3 is 2.92 bits per heavy atom. The van der Waals surface area contributed by atoms with Gasteiger partial charge >= 0.3 is 0 Å². The van der Waals surface area contributed by atoms with E-state index < -0.39 is 0 Å². The predicted molar refractivity (Wildman–Crippen MR) is 46.8 cm³/mol. The molecule has 0 spiro atoms. The molecule has 1 aromatic rings. The number of carbonyl (C=O) groups excluding carboxylic acids is 1. The molecule has 0 atom stereocenters. The lowest BCUT2D eigenvalue weighted by Crippen LogP contribution is -2.07. The molecule has 0 amide bonds. The van der Waals surface area contributed by atoms with Crippen LogP contribution in [0.3, 0.4) is 0 Å². The Balaban J connectivity index is 2.32. The zero-order valence-corrected chi connectivity index (χ0v) is 7.50. The van der Waals surface area contributed by atoms with Crippen LogP contribution in [0.15, 0.2) is 12.3 Å². The molecule has 0 aliphatic heterocycles. The van der Waals surface area contributed by atoms with Gasteiger partial charge in [-0.15, -0.1) is 0 Å². The molecular weight excluding hydrogens is 152 g/mol. The number of H-pyrrole nitrogens is 1. The predicted octanol–water partition coefficient (Wildman–Crippen LogP) is 1.57. The van der Waals surface area contributed by atoms with Gasteiger partial charge in [-0.2, -0.15) is 5.10 Å². The summed E-state index contributed by atoms with van der Waals surface area (Å²) in [6, 6.07) is 1.90. The number of aromatic amines is 1. The molecule has 0 aromatic carbocycles. The van der Waals surface area contributed by atoms with Gasteiger partial charge in [0.05, 0.1) is 5.69 Å². The van der Waals surface area contributed by atoms with Crippen molar-refractivity contribution in [3.63, 3.8) is 0 Å². The highest BCUT2D eigenvalue weighted by Crippen LogP contribution is 2.03. The van der Waals surface area contributed by atoms with Crippen LogP contribution >= 0.6 is 0 Å². The Morgan fingerprint density at radius 2 is 2.42 bits per heavy atom. The number of ketones is 1. The molecule has 0 aliphatic carbocycles. The first-order valence-corrected chi connectivity index (χ1v) is 4.21. The Hall–Kier alpha value is -1.12. The maximum absolute atomic E-state index is 11.2. The van der Waals surface area contributed by atoms with E-state index in [1.807, 2.05) is 19.9 Å². The van der Waals surface area contributed by atoms with Crippen LogP contribution in [0.25, 0.3) is 0 Å². The fourth-order valence-electron chi connectivity index (χ4n) is 0.970. The lowest BCUT2D eigenvalue weighted by molar-refractivity contribution is -0.121. The molecule has 0 aliphatic rings. The van der Waals surface area contributed by atoms with Crippen LogP contribution in [0.4, 0.5) is 0 Å². The number of carbonyl (C=O) groups is 1. The fourth-order valence-corrected chi connectivity index (χ4v) is 0.970. The van der Waals surface area contributed by atoms with E-state index in [4.69, 9.17) is 0 Å². The summed E-state index contributed by atoms with van der Waals surface area (Å²) in [5.74, 6) is 0.446. The Kier molecular flexibility index (Phi) is 3.02. The number of aromatic nitrogens is 2. The van der Waals surface area contributed by atoms with Crippen molar-refractivity contribution in [2.45, 2.75) is 26.7 Å². The van der Waals surface area contributed by atoms with E-state index >= 15 is 0 Å². The molecule has 1 rings (SSSR count). The van der Waals surface area contributed by atoms with Gasteiger partial charge in [0.2, 0.25) is 0 Å². The summed E-state index contributed by atoms with van der Waals surface area (Å²) < 4.78 is 0. The van der Waals surface area contributed by atoms with Crippen LogP contribution in [0.2, 0.25) is 0 Å². The largest absolute Gasteiger partial charge is 0.299 e. The van der Waals surface area contributed by atoms with E-state index in [0.717, 1.165) is 12.1 Å². The number of hydrogen-bond acceptors (Lipinski definition) is 2. The third-order valence-electron chi connectivity index (χ3n) is 1.83. The van der Waals surface area contributed by atoms with Crippen LogP contribution in [-0.2, 0) is 11.2 Å². The molecule has 0 fully saturated rings. The monoisotopic (exact) mass is 166 g/mol. The Labute approximate surface area is 72.2 Å². The summed E-state index contributed by atoms with van der Waals surface area (Å²) in [6.07, 6.45) is 3.12. The minimum atomic E-state index is 0.143. The second-order valence-corrected chi connectivity index (χ2v) is 3.19. The third kappa shape index (κ3) is 2.49. The van der Waals surface area contributed by atoms with Gasteiger partial charge in [0.25, 0.3) is 0 Å². The van der Waals surface area contributed by atoms with Gasteiger partial charge in [-0.3, -0.25) is 9.89 Å². The van der Waals surface area contributed by atoms with E-state index in [1.54, 1.807) is 6.20 Å². The number of nitrogens with one attached hydrogen (secondary N) is 1. The molecule has 1 heterocycles. The molecule has 0 saturated carbocycles. The lowest BCUT2D eigenvalue weighted by Gasteiger charge is -2.00. The normalized spacial score (nSPS) is 10.6. The van der Waals surface area contributed by atoms with Crippen LogP contribution in [-0.4, -0.2) is 16.0 Å². The molecule has 66 valence electrons. The Bertz CT molecular complexity index is 239. The van der Waals surface area contributed by atoms with Crippen molar-refractivity contribution in [1.82, 2.24) is 10.2 Å². The minimum Gasteiger partial charge on any atom is -0.299 e. The number of Topliss-reactive ketones (excluding diaryl/α,β-unsaturated/α-hetero) is 1. The molecular formula is C9H14N2O. The van der Waals surface area contributed by atoms with Crippen molar-refractivity contribution in [3.8, 4) is 0 Å². The molecule has 3 heteroatoms. The van der Waals surface area contributed by atoms with Gasteiger partial charge in [0, 0.05) is 18.5 Å². The SMILES string of the molecule is CC(C)C(=O)CCc1cc[nH]n1. The smallest absolute Gasteiger partial charge is 0.135 e. The number of nitrogens with zero attached hydrogens (tertiary/aromatic N) is 1. The summed E-state index contributed by atoms with van der Waals surface area (Å²) in [7, 11) is 0. The Morgan fingerprint density at radius 1 is 1.67 bits per heavy atom. The van der Waals surface area contributed by atoms with Gasteiger partial charge in [-0.25, -0.2) is 0 Å². The number of rotatable bonds is 4. The molecule has 0 saturated heterocycles. The molecule has 0 bridgehead atoms.